The zero-order valence-electron chi connectivity index (χ0n) is 11.7. The van der Waals surface area contributed by atoms with Crippen molar-refractivity contribution < 1.29 is 22.6 Å². The zero-order valence-corrected chi connectivity index (χ0v) is 11.7. The maximum absolute atomic E-state index is 13.3. The molecule has 2 aromatic heterocycles. The molecule has 0 aromatic carbocycles. The summed E-state index contributed by atoms with van der Waals surface area (Å²) >= 11 is 0. The van der Waals surface area contributed by atoms with Crippen molar-refractivity contribution in [3.8, 4) is 0 Å². The first kappa shape index (κ1) is 14.9. The maximum atomic E-state index is 13.3. The predicted octanol–water partition coefficient (Wildman–Crippen LogP) is 1.90. The van der Waals surface area contributed by atoms with Gasteiger partial charge in [0.2, 0.25) is 5.79 Å². The van der Waals surface area contributed by atoms with Crippen LogP contribution in [0.3, 0.4) is 0 Å². The molecule has 0 spiro atoms. The van der Waals surface area contributed by atoms with Crippen LogP contribution in [0.2, 0.25) is 0 Å². The minimum atomic E-state index is -4.61. The lowest BCUT2D eigenvalue weighted by Crippen LogP contribution is -2.36. The Hall–Kier alpha value is -2.00. The smallest absolute Gasteiger partial charge is 0.342 e. The van der Waals surface area contributed by atoms with E-state index in [4.69, 9.17) is 9.47 Å². The van der Waals surface area contributed by atoms with Crippen LogP contribution in [0.1, 0.15) is 17.0 Å². The van der Waals surface area contributed by atoms with E-state index >= 15 is 0 Å². The first-order valence-corrected chi connectivity index (χ1v) is 6.56. The highest BCUT2D eigenvalue weighted by atomic mass is 19.4. The third kappa shape index (κ3) is 2.69. The van der Waals surface area contributed by atoms with Crippen molar-refractivity contribution in [3.63, 3.8) is 0 Å². The summed E-state index contributed by atoms with van der Waals surface area (Å²) in [5.74, 6) is -1.57. The number of rotatable bonds is 3. The Morgan fingerprint density at radius 1 is 1.27 bits per heavy atom. The summed E-state index contributed by atoms with van der Waals surface area (Å²) < 4.78 is 52.4. The number of halogens is 3. The van der Waals surface area contributed by atoms with Crippen LogP contribution in [0.25, 0.3) is 0 Å². The van der Waals surface area contributed by atoms with Crippen LogP contribution in [0, 0.1) is 6.92 Å². The number of nitrogens with zero attached hydrogens (tertiary/aromatic N) is 4. The summed E-state index contributed by atoms with van der Waals surface area (Å²) in [5.41, 5.74) is -0.891. The average molecular weight is 314 g/mol. The van der Waals surface area contributed by atoms with Gasteiger partial charge in [0.1, 0.15) is 19.2 Å². The topological polar surface area (TPSA) is 62.1 Å². The van der Waals surface area contributed by atoms with Gasteiger partial charge in [-0.05, 0) is 19.1 Å². The second-order valence-corrected chi connectivity index (χ2v) is 4.89. The van der Waals surface area contributed by atoms with E-state index < -0.39 is 17.7 Å². The van der Waals surface area contributed by atoms with Crippen LogP contribution in [-0.2, 0) is 28.0 Å². The quantitative estimate of drug-likeness (QED) is 0.866. The molecule has 0 amide bonds. The van der Waals surface area contributed by atoms with Crippen LogP contribution in [0.15, 0.2) is 24.8 Å². The first-order chi connectivity index (χ1) is 10.4. The lowest BCUT2D eigenvalue weighted by Gasteiger charge is -2.29. The van der Waals surface area contributed by atoms with Crippen molar-refractivity contribution in [1.29, 1.82) is 0 Å². The second-order valence-electron chi connectivity index (χ2n) is 4.89. The monoisotopic (exact) mass is 314 g/mol. The largest absolute Gasteiger partial charge is 0.433 e. The molecule has 0 unspecified atom stereocenters. The Bertz CT molecular complexity index is 652. The number of hydrogen-bond donors (Lipinski definition) is 0. The molecule has 0 atom stereocenters. The molecule has 3 rings (SSSR count). The van der Waals surface area contributed by atoms with E-state index in [2.05, 4.69) is 15.1 Å². The fourth-order valence-corrected chi connectivity index (χ4v) is 2.39. The van der Waals surface area contributed by atoms with E-state index in [0.29, 0.717) is 0 Å². The van der Waals surface area contributed by atoms with Crippen molar-refractivity contribution in [3.05, 3.63) is 41.7 Å². The van der Waals surface area contributed by atoms with Gasteiger partial charge in [0, 0.05) is 11.3 Å². The Balaban J connectivity index is 2.09. The standard InChI is InChI=1S/C13H13F3N4O2/c1-9-2-3-10(11(19-9)13(14,15)16)12(21-4-5-22-12)6-20-8-17-7-18-20/h2-3,7-8H,4-6H2,1H3. The summed E-state index contributed by atoms with van der Waals surface area (Å²) in [5, 5.41) is 3.90. The number of aryl methyl sites for hydroxylation is 1. The normalized spacial score (nSPS) is 17.8. The minimum Gasteiger partial charge on any atom is -0.342 e. The SMILES string of the molecule is Cc1ccc(C2(Cn3cncn3)OCCO2)c(C(F)(F)F)n1. The van der Waals surface area contributed by atoms with Gasteiger partial charge in [0.15, 0.2) is 5.69 Å². The van der Waals surface area contributed by atoms with Gasteiger partial charge < -0.3 is 9.47 Å². The lowest BCUT2D eigenvalue weighted by molar-refractivity contribution is -0.189. The zero-order chi connectivity index (χ0) is 15.8. The first-order valence-electron chi connectivity index (χ1n) is 6.56. The highest BCUT2D eigenvalue weighted by Gasteiger charge is 2.47. The molecule has 1 fully saturated rings. The molecule has 6 nitrogen and oxygen atoms in total. The summed E-state index contributed by atoms with van der Waals surface area (Å²) in [6, 6.07) is 2.84. The fourth-order valence-electron chi connectivity index (χ4n) is 2.39. The van der Waals surface area contributed by atoms with Crippen molar-refractivity contribution in [2.75, 3.05) is 13.2 Å². The molecule has 3 heterocycles. The van der Waals surface area contributed by atoms with Crippen LogP contribution in [0.5, 0.6) is 0 Å². The molecular weight excluding hydrogens is 301 g/mol. The molecule has 0 saturated carbocycles. The molecule has 1 saturated heterocycles. The molecule has 1 aliphatic heterocycles. The van der Waals surface area contributed by atoms with Gasteiger partial charge in [-0.25, -0.2) is 14.6 Å². The predicted molar refractivity (Wildman–Crippen MR) is 67.6 cm³/mol. The summed E-state index contributed by atoms with van der Waals surface area (Å²) in [7, 11) is 0. The molecule has 22 heavy (non-hydrogen) atoms. The Morgan fingerprint density at radius 2 is 2.00 bits per heavy atom. The number of hydrogen-bond acceptors (Lipinski definition) is 5. The van der Waals surface area contributed by atoms with E-state index in [9.17, 15) is 13.2 Å². The summed E-state index contributed by atoms with van der Waals surface area (Å²) in [4.78, 5) is 7.41. The van der Waals surface area contributed by atoms with Crippen LogP contribution in [0.4, 0.5) is 13.2 Å². The van der Waals surface area contributed by atoms with E-state index in [1.165, 1.54) is 36.4 Å². The molecule has 0 bridgehead atoms. The van der Waals surface area contributed by atoms with E-state index in [1.54, 1.807) is 0 Å². The molecular formula is C13H13F3N4O2. The van der Waals surface area contributed by atoms with Gasteiger partial charge in [0.25, 0.3) is 0 Å². The van der Waals surface area contributed by atoms with Gasteiger partial charge in [-0.2, -0.15) is 18.3 Å². The van der Waals surface area contributed by atoms with Gasteiger partial charge in [-0.1, -0.05) is 0 Å². The third-order valence-electron chi connectivity index (χ3n) is 3.30. The highest BCUT2D eigenvalue weighted by Crippen LogP contribution is 2.40. The third-order valence-corrected chi connectivity index (χ3v) is 3.30. The molecule has 9 heteroatoms. The number of pyridine rings is 1. The molecule has 1 aliphatic rings. The average Bonchev–Trinajstić information content (AvgIpc) is 3.10. The fraction of sp³-hybridized carbons (Fsp3) is 0.462. The molecule has 0 aliphatic carbocycles. The van der Waals surface area contributed by atoms with Gasteiger partial charge in [-0.3, -0.25) is 0 Å². The Kier molecular flexibility index (Phi) is 3.61. The van der Waals surface area contributed by atoms with Crippen molar-refractivity contribution in [1.82, 2.24) is 19.7 Å². The van der Waals surface area contributed by atoms with E-state index in [0.717, 1.165) is 0 Å². The second kappa shape index (κ2) is 5.33. The summed E-state index contributed by atoms with van der Waals surface area (Å²) in [6.07, 6.45) is -1.92. The number of alkyl halides is 3. The Morgan fingerprint density at radius 3 is 2.59 bits per heavy atom. The number of aromatic nitrogens is 4. The lowest BCUT2D eigenvalue weighted by atomic mass is 10.0. The van der Waals surface area contributed by atoms with Gasteiger partial charge >= 0.3 is 6.18 Å². The maximum Gasteiger partial charge on any atom is 0.433 e. The van der Waals surface area contributed by atoms with Crippen molar-refractivity contribution >= 4 is 0 Å². The highest BCUT2D eigenvalue weighted by molar-refractivity contribution is 5.30. The minimum absolute atomic E-state index is 0.0409. The van der Waals surface area contributed by atoms with Gasteiger partial charge in [-0.15, -0.1) is 0 Å². The number of ether oxygens (including phenoxy) is 2. The van der Waals surface area contributed by atoms with Crippen LogP contribution in [-0.4, -0.2) is 33.0 Å². The van der Waals surface area contributed by atoms with Gasteiger partial charge in [0.05, 0.1) is 13.2 Å². The molecule has 2 aromatic rings. The Labute approximate surface area is 123 Å². The molecule has 118 valence electrons. The van der Waals surface area contributed by atoms with E-state index in [1.807, 2.05) is 0 Å². The van der Waals surface area contributed by atoms with Crippen molar-refractivity contribution in [2.45, 2.75) is 25.4 Å². The molecule has 0 N–H and O–H groups in total. The van der Waals surface area contributed by atoms with E-state index in [-0.39, 0.29) is 31.0 Å². The molecule has 0 radical (unpaired) electrons. The van der Waals surface area contributed by atoms with Crippen LogP contribution < -0.4 is 0 Å². The summed E-state index contributed by atoms with van der Waals surface area (Å²) in [6.45, 7) is 1.85. The van der Waals surface area contributed by atoms with Crippen LogP contribution >= 0.6 is 0 Å². The van der Waals surface area contributed by atoms with Crippen molar-refractivity contribution in [2.24, 2.45) is 0 Å².